The predicted molar refractivity (Wildman–Crippen MR) is 113 cm³/mol. The maximum Gasteiger partial charge on any atom is 0.244 e. The fraction of sp³-hybridized carbons (Fsp3) is 0.0909. The van der Waals surface area contributed by atoms with Crippen LogP contribution in [0.1, 0.15) is 16.7 Å². The lowest BCUT2D eigenvalue weighted by Gasteiger charge is -2.06. The second-order valence-electron chi connectivity index (χ2n) is 6.08. The van der Waals surface area contributed by atoms with Crippen LogP contribution in [0.15, 0.2) is 77.9 Å². The number of benzene rings is 3. The van der Waals surface area contributed by atoms with Crippen LogP contribution >= 0.6 is 23.2 Å². The van der Waals surface area contributed by atoms with Gasteiger partial charge in [-0.3, -0.25) is 4.79 Å². The van der Waals surface area contributed by atoms with E-state index in [4.69, 9.17) is 27.9 Å². The van der Waals surface area contributed by atoms with E-state index >= 15 is 0 Å². The van der Waals surface area contributed by atoms with Crippen LogP contribution in [0.2, 0.25) is 10.0 Å². The summed E-state index contributed by atoms with van der Waals surface area (Å²) in [5.41, 5.74) is 5.28. The van der Waals surface area contributed by atoms with Gasteiger partial charge in [0, 0.05) is 10.0 Å². The normalized spacial score (nSPS) is 10.8. The summed E-state index contributed by atoms with van der Waals surface area (Å²) in [6.45, 7) is 0.464. The summed E-state index contributed by atoms with van der Waals surface area (Å²) in [7, 11) is 0. The van der Waals surface area contributed by atoms with Crippen molar-refractivity contribution in [1.82, 2.24) is 5.43 Å². The molecule has 0 aliphatic rings. The maximum atomic E-state index is 11.9. The van der Waals surface area contributed by atoms with Crippen LogP contribution in [0, 0.1) is 0 Å². The van der Waals surface area contributed by atoms with E-state index in [1.165, 1.54) is 0 Å². The Bertz CT molecular complexity index is 938. The molecule has 4 nitrogen and oxygen atoms in total. The molecule has 0 aliphatic carbocycles. The molecule has 6 heteroatoms. The minimum Gasteiger partial charge on any atom is -0.489 e. The summed E-state index contributed by atoms with van der Waals surface area (Å²) in [5.74, 6) is 0.556. The zero-order valence-electron chi connectivity index (χ0n) is 14.9. The van der Waals surface area contributed by atoms with Gasteiger partial charge in [-0.25, -0.2) is 5.43 Å². The Balaban J connectivity index is 1.45. The lowest BCUT2D eigenvalue weighted by molar-refractivity contribution is -0.120. The Morgan fingerprint density at radius 1 is 0.857 bits per heavy atom. The molecule has 1 N–H and O–H groups in total. The number of carbonyl (C=O) groups excluding carboxylic acids is 1. The second-order valence-corrected chi connectivity index (χ2v) is 6.95. The number of nitrogens with zero attached hydrogens (tertiary/aromatic N) is 1. The number of halogens is 2. The van der Waals surface area contributed by atoms with Gasteiger partial charge >= 0.3 is 0 Å². The fourth-order valence-electron chi connectivity index (χ4n) is 2.40. The Morgan fingerprint density at radius 3 is 2.04 bits per heavy atom. The van der Waals surface area contributed by atoms with Crippen molar-refractivity contribution in [3.63, 3.8) is 0 Å². The summed E-state index contributed by atoms with van der Waals surface area (Å²) in [6.07, 6.45) is 1.83. The molecule has 28 heavy (non-hydrogen) atoms. The van der Waals surface area contributed by atoms with E-state index in [2.05, 4.69) is 10.5 Å². The summed E-state index contributed by atoms with van der Waals surface area (Å²) in [4.78, 5) is 11.9. The molecule has 0 atom stereocenters. The first-order valence-corrected chi connectivity index (χ1v) is 9.38. The lowest BCUT2D eigenvalue weighted by atomic mass is 10.1. The van der Waals surface area contributed by atoms with Crippen molar-refractivity contribution >= 4 is 35.3 Å². The van der Waals surface area contributed by atoms with Crippen LogP contribution in [0.5, 0.6) is 5.75 Å². The molecule has 0 saturated heterocycles. The highest BCUT2D eigenvalue weighted by molar-refractivity contribution is 6.30. The van der Waals surface area contributed by atoms with Crippen LogP contribution < -0.4 is 10.2 Å². The maximum absolute atomic E-state index is 11.9. The van der Waals surface area contributed by atoms with Crippen molar-refractivity contribution in [1.29, 1.82) is 0 Å². The smallest absolute Gasteiger partial charge is 0.244 e. The van der Waals surface area contributed by atoms with Crippen molar-refractivity contribution < 1.29 is 9.53 Å². The lowest BCUT2D eigenvalue weighted by Crippen LogP contribution is -2.19. The molecule has 0 aliphatic heterocycles. The van der Waals surface area contributed by atoms with Gasteiger partial charge in [0.25, 0.3) is 0 Å². The van der Waals surface area contributed by atoms with E-state index in [1.807, 2.05) is 60.7 Å². The molecule has 0 unspecified atom stereocenters. The molecule has 1 amide bonds. The zero-order chi connectivity index (χ0) is 19.8. The van der Waals surface area contributed by atoms with E-state index in [1.54, 1.807) is 18.3 Å². The minimum absolute atomic E-state index is 0.193. The average Bonchev–Trinajstić information content (AvgIpc) is 2.70. The fourth-order valence-corrected chi connectivity index (χ4v) is 2.66. The Hall–Kier alpha value is -2.82. The number of hydrogen-bond acceptors (Lipinski definition) is 3. The predicted octanol–water partition coefficient (Wildman–Crippen LogP) is 5.27. The zero-order valence-corrected chi connectivity index (χ0v) is 16.5. The third-order valence-corrected chi connectivity index (χ3v) is 4.38. The van der Waals surface area contributed by atoms with Gasteiger partial charge in [-0.05, 0) is 65.2 Å². The highest BCUT2D eigenvalue weighted by Crippen LogP contribution is 2.15. The van der Waals surface area contributed by atoms with Gasteiger partial charge in [-0.2, -0.15) is 5.10 Å². The molecule has 0 spiro atoms. The van der Waals surface area contributed by atoms with Gasteiger partial charge in [-0.15, -0.1) is 0 Å². The number of ether oxygens (including phenoxy) is 1. The first kappa shape index (κ1) is 19.9. The second kappa shape index (κ2) is 9.93. The highest BCUT2D eigenvalue weighted by atomic mass is 35.5. The highest BCUT2D eigenvalue weighted by Gasteiger charge is 2.02. The van der Waals surface area contributed by atoms with Gasteiger partial charge in [0.1, 0.15) is 12.4 Å². The standard InChI is InChI=1S/C22H18Cl2N2O2/c23-19-7-1-16(2-8-19)13-22(27)26-25-14-17-5-11-21(12-6-17)28-15-18-3-9-20(24)10-4-18/h1-12,14H,13,15H2,(H,26,27)/b25-14-. The van der Waals surface area contributed by atoms with Crippen LogP contribution in [-0.4, -0.2) is 12.1 Å². The van der Waals surface area contributed by atoms with Crippen molar-refractivity contribution in [3.8, 4) is 5.75 Å². The van der Waals surface area contributed by atoms with Gasteiger partial charge < -0.3 is 4.74 Å². The molecular weight excluding hydrogens is 395 g/mol. The number of carbonyl (C=O) groups is 1. The van der Waals surface area contributed by atoms with Gasteiger partial charge in [-0.1, -0.05) is 47.5 Å². The Labute approximate surface area is 173 Å². The van der Waals surface area contributed by atoms with E-state index in [-0.39, 0.29) is 12.3 Å². The largest absolute Gasteiger partial charge is 0.489 e. The molecular formula is C22H18Cl2N2O2. The SMILES string of the molecule is O=C(Cc1ccc(Cl)cc1)N/N=C\c1ccc(OCc2ccc(Cl)cc2)cc1. The summed E-state index contributed by atoms with van der Waals surface area (Å²) >= 11 is 11.7. The number of hydrazone groups is 1. The van der Waals surface area contributed by atoms with E-state index < -0.39 is 0 Å². The number of amides is 1. The molecule has 0 heterocycles. The first-order valence-electron chi connectivity index (χ1n) is 8.62. The van der Waals surface area contributed by atoms with E-state index in [9.17, 15) is 4.79 Å². The Kier molecular flexibility index (Phi) is 7.06. The van der Waals surface area contributed by atoms with Crippen molar-refractivity contribution in [2.24, 2.45) is 5.10 Å². The molecule has 3 rings (SSSR count). The average molecular weight is 413 g/mol. The van der Waals surface area contributed by atoms with Crippen molar-refractivity contribution in [2.45, 2.75) is 13.0 Å². The summed E-state index contributed by atoms with van der Waals surface area (Å²) in [6, 6.07) is 22.1. The van der Waals surface area contributed by atoms with E-state index in [0.29, 0.717) is 16.7 Å². The number of hydrogen-bond donors (Lipinski definition) is 1. The third kappa shape index (κ3) is 6.41. The molecule has 3 aromatic carbocycles. The molecule has 0 bridgehead atoms. The summed E-state index contributed by atoms with van der Waals surface area (Å²) in [5, 5.41) is 5.33. The third-order valence-electron chi connectivity index (χ3n) is 3.88. The van der Waals surface area contributed by atoms with Crippen LogP contribution in [0.4, 0.5) is 0 Å². The van der Waals surface area contributed by atoms with Gasteiger partial charge in [0.05, 0.1) is 12.6 Å². The molecule has 0 radical (unpaired) electrons. The monoisotopic (exact) mass is 412 g/mol. The number of nitrogens with one attached hydrogen (secondary N) is 1. The van der Waals surface area contributed by atoms with E-state index in [0.717, 1.165) is 22.4 Å². The van der Waals surface area contributed by atoms with Crippen LogP contribution in [0.25, 0.3) is 0 Å². The molecule has 3 aromatic rings. The molecule has 0 fully saturated rings. The van der Waals surface area contributed by atoms with Gasteiger partial charge in [0.15, 0.2) is 0 Å². The Morgan fingerprint density at radius 2 is 1.43 bits per heavy atom. The number of rotatable bonds is 7. The minimum atomic E-state index is -0.193. The summed E-state index contributed by atoms with van der Waals surface area (Å²) < 4.78 is 5.74. The van der Waals surface area contributed by atoms with Crippen LogP contribution in [0.3, 0.4) is 0 Å². The molecule has 0 aromatic heterocycles. The molecule has 0 saturated carbocycles. The van der Waals surface area contributed by atoms with Crippen molar-refractivity contribution in [2.75, 3.05) is 0 Å². The van der Waals surface area contributed by atoms with Gasteiger partial charge in [0.2, 0.25) is 5.91 Å². The van der Waals surface area contributed by atoms with Crippen molar-refractivity contribution in [3.05, 3.63) is 99.5 Å². The quantitative estimate of drug-likeness (QED) is 0.424. The topological polar surface area (TPSA) is 50.7 Å². The molecule has 142 valence electrons. The van der Waals surface area contributed by atoms with Crippen LogP contribution in [-0.2, 0) is 17.8 Å². The first-order chi connectivity index (χ1) is 13.6.